The highest BCUT2D eigenvalue weighted by Crippen LogP contribution is 2.22. The fourth-order valence-electron chi connectivity index (χ4n) is 3.13. The van der Waals surface area contributed by atoms with Crippen molar-refractivity contribution in [2.75, 3.05) is 6.54 Å². The summed E-state index contributed by atoms with van der Waals surface area (Å²) in [7, 11) is 0. The number of rotatable bonds is 5. The Bertz CT molecular complexity index is 1090. The first-order valence-electron chi connectivity index (χ1n) is 8.64. The molecule has 1 heterocycles. The van der Waals surface area contributed by atoms with Crippen molar-refractivity contribution in [1.29, 1.82) is 0 Å². The number of hydrogen-bond donors (Lipinski definition) is 1. The van der Waals surface area contributed by atoms with Gasteiger partial charge in [0, 0.05) is 11.9 Å². The quantitative estimate of drug-likeness (QED) is 0.592. The van der Waals surface area contributed by atoms with Crippen LogP contribution < -0.4 is 5.32 Å². The molecule has 0 fully saturated rings. The van der Waals surface area contributed by atoms with Crippen LogP contribution in [0.4, 0.5) is 4.39 Å². The van der Waals surface area contributed by atoms with Crippen molar-refractivity contribution in [2.24, 2.45) is 0 Å². The SMILES string of the molecule is O=C(NCCc1ccc(F)c2ccccc12)c1ccccc1-n1nccn1. The second-order valence-electron chi connectivity index (χ2n) is 6.09. The summed E-state index contributed by atoms with van der Waals surface area (Å²) < 4.78 is 13.9. The van der Waals surface area contributed by atoms with Gasteiger partial charge in [-0.2, -0.15) is 15.0 Å². The van der Waals surface area contributed by atoms with Crippen molar-refractivity contribution in [3.05, 3.63) is 90.0 Å². The molecule has 1 aromatic heterocycles. The molecule has 0 saturated carbocycles. The molecule has 3 aromatic carbocycles. The molecular weight excluding hydrogens is 343 g/mol. The van der Waals surface area contributed by atoms with E-state index in [0.717, 1.165) is 10.9 Å². The Morgan fingerprint density at radius 3 is 2.44 bits per heavy atom. The molecule has 5 nitrogen and oxygen atoms in total. The second kappa shape index (κ2) is 7.37. The van der Waals surface area contributed by atoms with Crippen LogP contribution in [-0.4, -0.2) is 27.4 Å². The lowest BCUT2D eigenvalue weighted by Crippen LogP contribution is -2.27. The minimum absolute atomic E-state index is 0.200. The predicted octanol–water partition coefficient (Wildman–Crippen LogP) is 3.53. The van der Waals surface area contributed by atoms with E-state index in [1.807, 2.05) is 24.3 Å². The first-order chi connectivity index (χ1) is 13.2. The monoisotopic (exact) mass is 360 g/mol. The van der Waals surface area contributed by atoms with Gasteiger partial charge in [-0.05, 0) is 35.6 Å². The van der Waals surface area contributed by atoms with E-state index >= 15 is 0 Å². The standard InChI is InChI=1S/C21H17FN4O/c22-19-10-9-15(16-5-1-2-6-17(16)19)11-12-23-21(27)18-7-3-4-8-20(18)26-24-13-14-25-26/h1-10,13-14H,11-12H2,(H,23,27). The number of aromatic nitrogens is 3. The molecule has 4 rings (SSSR count). The molecule has 0 aliphatic rings. The lowest BCUT2D eigenvalue weighted by molar-refractivity contribution is 0.0954. The van der Waals surface area contributed by atoms with Gasteiger partial charge in [-0.1, -0.05) is 42.5 Å². The van der Waals surface area contributed by atoms with Gasteiger partial charge < -0.3 is 5.32 Å². The fraction of sp³-hybridized carbons (Fsp3) is 0.0952. The van der Waals surface area contributed by atoms with Crippen LogP contribution in [0.2, 0.25) is 0 Å². The fourth-order valence-corrected chi connectivity index (χ4v) is 3.13. The highest BCUT2D eigenvalue weighted by molar-refractivity contribution is 5.97. The van der Waals surface area contributed by atoms with Gasteiger partial charge in [0.05, 0.1) is 23.6 Å². The molecule has 1 amide bonds. The molecule has 0 radical (unpaired) electrons. The van der Waals surface area contributed by atoms with Gasteiger partial charge in [-0.25, -0.2) is 4.39 Å². The van der Waals surface area contributed by atoms with E-state index in [1.165, 1.54) is 10.9 Å². The molecule has 0 spiro atoms. The van der Waals surface area contributed by atoms with Crippen LogP contribution in [0.3, 0.4) is 0 Å². The summed E-state index contributed by atoms with van der Waals surface area (Å²) in [6.45, 7) is 0.440. The Labute approximate surface area is 155 Å². The number of carbonyl (C=O) groups is 1. The van der Waals surface area contributed by atoms with Crippen LogP contribution in [0.1, 0.15) is 15.9 Å². The summed E-state index contributed by atoms with van der Waals surface area (Å²) in [6, 6.07) is 17.8. The zero-order valence-corrected chi connectivity index (χ0v) is 14.5. The van der Waals surface area contributed by atoms with Crippen molar-refractivity contribution in [3.8, 4) is 5.69 Å². The number of benzene rings is 3. The molecule has 0 aliphatic carbocycles. The van der Waals surface area contributed by atoms with E-state index in [9.17, 15) is 9.18 Å². The molecule has 0 saturated heterocycles. The number of hydrogen-bond acceptors (Lipinski definition) is 3. The molecule has 0 atom stereocenters. The Morgan fingerprint density at radius 2 is 1.63 bits per heavy atom. The summed E-state index contributed by atoms with van der Waals surface area (Å²) >= 11 is 0. The molecule has 1 N–H and O–H groups in total. The molecule has 0 bridgehead atoms. The molecule has 134 valence electrons. The molecular formula is C21H17FN4O. The Kier molecular flexibility index (Phi) is 4.61. The van der Waals surface area contributed by atoms with E-state index in [0.29, 0.717) is 29.6 Å². The summed E-state index contributed by atoms with van der Waals surface area (Å²) in [4.78, 5) is 14.0. The van der Waals surface area contributed by atoms with Crippen LogP contribution in [-0.2, 0) is 6.42 Å². The highest BCUT2D eigenvalue weighted by Gasteiger charge is 2.13. The maximum absolute atomic E-state index is 13.9. The van der Waals surface area contributed by atoms with Gasteiger partial charge in [-0.15, -0.1) is 0 Å². The number of nitrogens with one attached hydrogen (secondary N) is 1. The van der Waals surface area contributed by atoms with E-state index in [4.69, 9.17) is 0 Å². The Balaban J connectivity index is 1.50. The van der Waals surface area contributed by atoms with Crippen LogP contribution in [0.25, 0.3) is 16.5 Å². The van der Waals surface area contributed by atoms with Gasteiger partial charge in [0.25, 0.3) is 5.91 Å². The molecule has 6 heteroatoms. The molecule has 0 unspecified atom stereocenters. The van der Waals surface area contributed by atoms with Crippen molar-refractivity contribution >= 4 is 16.7 Å². The highest BCUT2D eigenvalue weighted by atomic mass is 19.1. The van der Waals surface area contributed by atoms with Crippen molar-refractivity contribution in [1.82, 2.24) is 20.3 Å². The zero-order valence-electron chi connectivity index (χ0n) is 14.5. The van der Waals surface area contributed by atoms with E-state index in [1.54, 1.807) is 42.7 Å². The van der Waals surface area contributed by atoms with Crippen molar-refractivity contribution < 1.29 is 9.18 Å². The maximum atomic E-state index is 13.9. The molecule has 0 aliphatic heterocycles. The first-order valence-corrected chi connectivity index (χ1v) is 8.64. The van der Waals surface area contributed by atoms with E-state index in [-0.39, 0.29) is 11.7 Å². The number of fused-ring (bicyclic) bond motifs is 1. The lowest BCUT2D eigenvalue weighted by Gasteiger charge is -2.11. The maximum Gasteiger partial charge on any atom is 0.253 e. The lowest BCUT2D eigenvalue weighted by atomic mass is 10.0. The van der Waals surface area contributed by atoms with Gasteiger partial charge >= 0.3 is 0 Å². The first kappa shape index (κ1) is 16.9. The van der Waals surface area contributed by atoms with E-state index in [2.05, 4.69) is 15.5 Å². The number of carbonyl (C=O) groups excluding carboxylic acids is 1. The number of amides is 1. The van der Waals surface area contributed by atoms with Crippen molar-refractivity contribution in [3.63, 3.8) is 0 Å². The van der Waals surface area contributed by atoms with E-state index < -0.39 is 0 Å². The van der Waals surface area contributed by atoms with Crippen LogP contribution in [0.5, 0.6) is 0 Å². The third-order valence-electron chi connectivity index (χ3n) is 4.42. The van der Waals surface area contributed by atoms with Crippen molar-refractivity contribution in [2.45, 2.75) is 6.42 Å². The van der Waals surface area contributed by atoms with Crippen LogP contribution in [0, 0.1) is 5.82 Å². The minimum Gasteiger partial charge on any atom is -0.352 e. The summed E-state index contributed by atoms with van der Waals surface area (Å²) in [5.74, 6) is -0.437. The topological polar surface area (TPSA) is 59.8 Å². The average Bonchev–Trinajstić information content (AvgIpc) is 3.24. The zero-order chi connectivity index (χ0) is 18.6. The second-order valence-corrected chi connectivity index (χ2v) is 6.09. The third kappa shape index (κ3) is 3.42. The third-order valence-corrected chi connectivity index (χ3v) is 4.42. The minimum atomic E-state index is -0.237. The summed E-state index contributed by atoms with van der Waals surface area (Å²) in [6.07, 6.45) is 3.73. The Hall–Kier alpha value is -3.54. The average molecular weight is 360 g/mol. The summed E-state index contributed by atoms with van der Waals surface area (Å²) in [5.41, 5.74) is 2.11. The Morgan fingerprint density at radius 1 is 0.926 bits per heavy atom. The van der Waals surface area contributed by atoms with Gasteiger partial charge in [-0.3, -0.25) is 4.79 Å². The smallest absolute Gasteiger partial charge is 0.253 e. The summed E-state index contributed by atoms with van der Waals surface area (Å²) in [5, 5.41) is 12.6. The molecule has 4 aromatic rings. The number of halogens is 1. The van der Waals surface area contributed by atoms with Gasteiger partial charge in [0.1, 0.15) is 5.82 Å². The normalized spacial score (nSPS) is 10.9. The number of para-hydroxylation sites is 1. The molecule has 27 heavy (non-hydrogen) atoms. The van der Waals surface area contributed by atoms with Gasteiger partial charge in [0.15, 0.2) is 0 Å². The van der Waals surface area contributed by atoms with Crippen LogP contribution in [0.15, 0.2) is 73.1 Å². The van der Waals surface area contributed by atoms with Gasteiger partial charge in [0.2, 0.25) is 0 Å². The predicted molar refractivity (Wildman–Crippen MR) is 101 cm³/mol. The number of nitrogens with zero attached hydrogens (tertiary/aromatic N) is 3. The van der Waals surface area contributed by atoms with Crippen LogP contribution >= 0.6 is 0 Å². The largest absolute Gasteiger partial charge is 0.352 e.